The number of aliphatic hydroxyl groups is 1. The Bertz CT molecular complexity index is 541. The molecule has 5 nitrogen and oxygen atoms in total. The summed E-state index contributed by atoms with van der Waals surface area (Å²) in [6, 6.07) is 7.97. The lowest BCUT2D eigenvalue weighted by Gasteiger charge is -2.34. The number of ether oxygens (including phenoxy) is 1. The van der Waals surface area contributed by atoms with Gasteiger partial charge in [0, 0.05) is 26.3 Å². The summed E-state index contributed by atoms with van der Waals surface area (Å²) in [6.45, 7) is 4.72. The number of anilines is 2. The Labute approximate surface area is 137 Å². The van der Waals surface area contributed by atoms with Crippen molar-refractivity contribution in [3.8, 4) is 0 Å². The highest BCUT2D eigenvalue weighted by Gasteiger charge is 2.44. The van der Waals surface area contributed by atoms with Crippen molar-refractivity contribution in [2.75, 3.05) is 36.5 Å². The fraction of sp³-hybridized carbons (Fsp3) is 0.611. The molecule has 2 fully saturated rings. The molecule has 1 aliphatic heterocycles. The first kappa shape index (κ1) is 16.3. The Morgan fingerprint density at radius 1 is 1.35 bits per heavy atom. The van der Waals surface area contributed by atoms with Crippen LogP contribution in [-0.4, -0.2) is 43.4 Å². The highest BCUT2D eigenvalue weighted by Crippen LogP contribution is 2.36. The van der Waals surface area contributed by atoms with Gasteiger partial charge in [-0.3, -0.25) is 4.79 Å². The van der Waals surface area contributed by atoms with E-state index in [-0.39, 0.29) is 24.5 Å². The van der Waals surface area contributed by atoms with Crippen LogP contribution in [0, 0.1) is 11.8 Å². The summed E-state index contributed by atoms with van der Waals surface area (Å²) < 4.78 is 5.50. The van der Waals surface area contributed by atoms with Crippen LogP contribution in [0.15, 0.2) is 24.3 Å². The standard InChI is InChI=1S/C18H26N2O3/c1-2-23-17-11-14(17)18(22)19-15-5-3-4-6-16(15)20-9-7-13(12-21)8-10-20/h3-6,13-14,17,21H,2,7-12H2,1H3,(H,19,22). The number of para-hydroxylation sites is 2. The first-order valence-corrected chi connectivity index (χ1v) is 8.60. The minimum Gasteiger partial charge on any atom is -0.396 e. The maximum absolute atomic E-state index is 12.4. The lowest BCUT2D eigenvalue weighted by Crippen LogP contribution is -2.35. The van der Waals surface area contributed by atoms with Gasteiger partial charge in [-0.05, 0) is 44.2 Å². The molecule has 1 saturated heterocycles. The Morgan fingerprint density at radius 2 is 2.09 bits per heavy atom. The molecule has 0 bridgehead atoms. The van der Waals surface area contributed by atoms with Crippen molar-refractivity contribution in [1.82, 2.24) is 0 Å². The van der Waals surface area contributed by atoms with E-state index in [9.17, 15) is 9.90 Å². The average Bonchev–Trinajstić information content (AvgIpc) is 3.35. The van der Waals surface area contributed by atoms with Crippen LogP contribution in [0.3, 0.4) is 0 Å². The number of nitrogens with zero attached hydrogens (tertiary/aromatic N) is 1. The van der Waals surface area contributed by atoms with Gasteiger partial charge >= 0.3 is 0 Å². The van der Waals surface area contributed by atoms with Crippen molar-refractivity contribution in [2.24, 2.45) is 11.8 Å². The number of benzene rings is 1. The summed E-state index contributed by atoms with van der Waals surface area (Å²) in [5.41, 5.74) is 1.95. The Kier molecular flexibility index (Phi) is 5.18. The predicted octanol–water partition coefficient (Wildman–Crippen LogP) is 2.26. The van der Waals surface area contributed by atoms with Gasteiger partial charge in [0.15, 0.2) is 0 Å². The van der Waals surface area contributed by atoms with Crippen LogP contribution in [0.25, 0.3) is 0 Å². The zero-order valence-corrected chi connectivity index (χ0v) is 13.7. The number of nitrogens with one attached hydrogen (secondary N) is 1. The Hall–Kier alpha value is -1.59. The minimum atomic E-state index is -0.0110. The number of hydrogen-bond acceptors (Lipinski definition) is 4. The zero-order valence-electron chi connectivity index (χ0n) is 13.7. The van der Waals surface area contributed by atoms with Gasteiger partial charge in [-0.2, -0.15) is 0 Å². The van der Waals surface area contributed by atoms with Gasteiger partial charge in [-0.15, -0.1) is 0 Å². The summed E-state index contributed by atoms with van der Waals surface area (Å²) in [7, 11) is 0. The van der Waals surface area contributed by atoms with Crippen LogP contribution in [0.5, 0.6) is 0 Å². The Morgan fingerprint density at radius 3 is 2.78 bits per heavy atom. The summed E-state index contributed by atoms with van der Waals surface area (Å²) >= 11 is 0. The molecular formula is C18H26N2O3. The van der Waals surface area contributed by atoms with E-state index in [2.05, 4.69) is 16.3 Å². The lowest BCUT2D eigenvalue weighted by molar-refractivity contribution is -0.118. The number of carbonyl (C=O) groups excluding carboxylic acids is 1. The van der Waals surface area contributed by atoms with E-state index < -0.39 is 0 Å². The van der Waals surface area contributed by atoms with Gasteiger partial charge < -0.3 is 20.1 Å². The quantitative estimate of drug-likeness (QED) is 0.844. The number of amides is 1. The fourth-order valence-electron chi connectivity index (χ4n) is 3.28. The van der Waals surface area contributed by atoms with Crippen molar-refractivity contribution >= 4 is 17.3 Å². The van der Waals surface area contributed by atoms with E-state index in [1.807, 2.05) is 25.1 Å². The second-order valence-electron chi connectivity index (χ2n) is 6.46. The van der Waals surface area contributed by atoms with E-state index in [4.69, 9.17) is 4.74 Å². The molecule has 5 heteroatoms. The fourth-order valence-corrected chi connectivity index (χ4v) is 3.28. The molecule has 0 aromatic heterocycles. The Balaban J connectivity index is 1.63. The molecule has 1 aromatic rings. The highest BCUT2D eigenvalue weighted by atomic mass is 16.5. The second-order valence-corrected chi connectivity index (χ2v) is 6.46. The van der Waals surface area contributed by atoms with Crippen LogP contribution in [0.1, 0.15) is 26.2 Å². The maximum Gasteiger partial charge on any atom is 0.230 e. The molecule has 1 aliphatic carbocycles. The van der Waals surface area contributed by atoms with E-state index in [1.165, 1.54) is 0 Å². The van der Waals surface area contributed by atoms with Gasteiger partial charge in [0.05, 0.1) is 23.4 Å². The van der Waals surface area contributed by atoms with Crippen molar-refractivity contribution in [3.05, 3.63) is 24.3 Å². The van der Waals surface area contributed by atoms with E-state index in [1.54, 1.807) is 0 Å². The maximum atomic E-state index is 12.4. The third kappa shape index (κ3) is 3.85. The van der Waals surface area contributed by atoms with E-state index in [0.29, 0.717) is 12.5 Å². The summed E-state index contributed by atoms with van der Waals surface area (Å²) in [5, 5.41) is 12.3. The topological polar surface area (TPSA) is 61.8 Å². The van der Waals surface area contributed by atoms with Crippen LogP contribution >= 0.6 is 0 Å². The molecule has 1 saturated carbocycles. The number of piperidine rings is 1. The normalized spacial score (nSPS) is 24.5. The van der Waals surface area contributed by atoms with Crippen molar-refractivity contribution in [1.29, 1.82) is 0 Å². The zero-order chi connectivity index (χ0) is 16.2. The van der Waals surface area contributed by atoms with Crippen LogP contribution in [-0.2, 0) is 9.53 Å². The minimum absolute atomic E-state index is 0.0110. The largest absolute Gasteiger partial charge is 0.396 e. The third-order valence-electron chi connectivity index (χ3n) is 4.82. The first-order chi connectivity index (χ1) is 11.2. The molecule has 126 valence electrons. The van der Waals surface area contributed by atoms with Crippen molar-refractivity contribution < 1.29 is 14.6 Å². The summed E-state index contributed by atoms with van der Waals surface area (Å²) in [5.74, 6) is 0.454. The molecule has 1 aromatic carbocycles. The van der Waals surface area contributed by atoms with Crippen LogP contribution < -0.4 is 10.2 Å². The van der Waals surface area contributed by atoms with Gasteiger partial charge in [0.2, 0.25) is 5.91 Å². The molecule has 2 unspecified atom stereocenters. The van der Waals surface area contributed by atoms with Crippen molar-refractivity contribution in [2.45, 2.75) is 32.3 Å². The number of aliphatic hydroxyl groups excluding tert-OH is 1. The molecule has 1 heterocycles. The van der Waals surface area contributed by atoms with Crippen molar-refractivity contribution in [3.63, 3.8) is 0 Å². The molecule has 1 amide bonds. The molecule has 2 atom stereocenters. The lowest BCUT2D eigenvalue weighted by atomic mass is 9.97. The van der Waals surface area contributed by atoms with Gasteiger partial charge in [-0.1, -0.05) is 12.1 Å². The summed E-state index contributed by atoms with van der Waals surface area (Å²) in [4.78, 5) is 14.7. The van der Waals surface area contributed by atoms with Crippen LogP contribution in [0.2, 0.25) is 0 Å². The first-order valence-electron chi connectivity index (χ1n) is 8.60. The monoisotopic (exact) mass is 318 g/mol. The molecular weight excluding hydrogens is 292 g/mol. The van der Waals surface area contributed by atoms with Gasteiger partial charge in [0.1, 0.15) is 0 Å². The molecule has 2 N–H and O–H groups in total. The third-order valence-corrected chi connectivity index (χ3v) is 4.82. The molecule has 3 rings (SSSR count). The molecule has 23 heavy (non-hydrogen) atoms. The SMILES string of the molecule is CCOC1CC1C(=O)Nc1ccccc1N1CCC(CO)CC1. The average molecular weight is 318 g/mol. The molecule has 0 spiro atoms. The molecule has 2 aliphatic rings. The number of carbonyl (C=O) groups is 1. The van der Waals surface area contributed by atoms with Gasteiger partial charge in [0.25, 0.3) is 0 Å². The predicted molar refractivity (Wildman–Crippen MR) is 90.6 cm³/mol. The van der Waals surface area contributed by atoms with E-state index in [0.717, 1.165) is 43.7 Å². The van der Waals surface area contributed by atoms with Crippen LogP contribution in [0.4, 0.5) is 11.4 Å². The summed E-state index contributed by atoms with van der Waals surface area (Å²) in [6.07, 6.45) is 2.90. The van der Waals surface area contributed by atoms with Gasteiger partial charge in [-0.25, -0.2) is 0 Å². The molecule has 0 radical (unpaired) electrons. The smallest absolute Gasteiger partial charge is 0.230 e. The second kappa shape index (κ2) is 7.32. The highest BCUT2D eigenvalue weighted by molar-refractivity contribution is 5.97. The number of hydrogen-bond donors (Lipinski definition) is 2. The number of rotatable bonds is 6. The van der Waals surface area contributed by atoms with E-state index >= 15 is 0 Å².